The topological polar surface area (TPSA) is 71.0 Å². The highest BCUT2D eigenvalue weighted by Gasteiger charge is 2.80. The van der Waals surface area contributed by atoms with Crippen LogP contribution in [0.15, 0.2) is 83.9 Å². The number of carbonyl (C=O) groups is 2. The molecule has 4 atom stereocenters. The van der Waals surface area contributed by atoms with Gasteiger partial charge in [-0.1, -0.05) is 60.1 Å². The number of amides is 1. The molecule has 0 aliphatic carbocycles. The number of anilines is 1. The van der Waals surface area contributed by atoms with Gasteiger partial charge in [-0.2, -0.15) is 0 Å². The van der Waals surface area contributed by atoms with Crippen molar-refractivity contribution >= 4 is 35.1 Å². The lowest BCUT2D eigenvalue weighted by molar-refractivity contribution is -0.148. The van der Waals surface area contributed by atoms with Crippen LogP contribution in [-0.2, 0) is 19.9 Å². The maximum Gasteiger partial charge on any atom is 0.344 e. The van der Waals surface area contributed by atoms with Crippen molar-refractivity contribution in [3.05, 3.63) is 101 Å². The number of halogens is 1. The van der Waals surface area contributed by atoms with Gasteiger partial charge in [-0.15, -0.1) is 0 Å². The average Bonchev–Trinajstić information content (AvgIpc) is 3.59. The van der Waals surface area contributed by atoms with Crippen LogP contribution in [0.2, 0.25) is 5.02 Å². The maximum absolute atomic E-state index is 14.2. The first-order chi connectivity index (χ1) is 17.1. The van der Waals surface area contributed by atoms with Crippen molar-refractivity contribution in [2.24, 2.45) is 4.99 Å². The van der Waals surface area contributed by atoms with E-state index in [1.54, 1.807) is 0 Å². The van der Waals surface area contributed by atoms with Crippen LogP contribution in [0.1, 0.15) is 35.4 Å². The fourth-order valence-corrected chi connectivity index (χ4v) is 7.07. The number of esters is 1. The monoisotopic (exact) mass is 483 g/mol. The first kappa shape index (κ1) is 20.9. The molecule has 4 aliphatic heterocycles. The highest BCUT2D eigenvalue weighted by molar-refractivity contribution is 6.30. The normalized spacial score (nSPS) is 30.9. The van der Waals surface area contributed by atoms with Crippen molar-refractivity contribution < 1.29 is 14.3 Å². The Kier molecular flexibility index (Phi) is 4.33. The molecule has 7 rings (SSSR count). The van der Waals surface area contributed by atoms with Gasteiger partial charge in [0.1, 0.15) is 0 Å². The van der Waals surface area contributed by atoms with Crippen LogP contribution >= 0.6 is 11.6 Å². The number of aliphatic imine (C=N–C) groups is 1. The highest BCUT2D eigenvalue weighted by Crippen LogP contribution is 2.65. The van der Waals surface area contributed by atoms with E-state index in [-0.39, 0.29) is 17.8 Å². The van der Waals surface area contributed by atoms with E-state index < -0.39 is 23.0 Å². The van der Waals surface area contributed by atoms with Gasteiger partial charge in [-0.25, -0.2) is 9.79 Å². The number of hydrogen-bond acceptors (Lipinski definition) is 5. The SMILES string of the molecule is O=C1OC(c2ccccc2)=N[C@@]12[C@H](c1cccc(Cl)c1)[C@H]1CCCN1[C@]21C(=O)Nc2ccccc21. The van der Waals surface area contributed by atoms with E-state index in [9.17, 15) is 9.59 Å². The number of ether oxygens (including phenoxy) is 1. The van der Waals surface area contributed by atoms with Gasteiger partial charge < -0.3 is 10.1 Å². The largest absolute Gasteiger partial charge is 0.405 e. The van der Waals surface area contributed by atoms with Crippen molar-refractivity contribution in [1.29, 1.82) is 0 Å². The van der Waals surface area contributed by atoms with Gasteiger partial charge in [0.2, 0.25) is 11.4 Å². The number of hydrogen-bond donors (Lipinski definition) is 1. The van der Waals surface area contributed by atoms with Crippen LogP contribution in [0.3, 0.4) is 0 Å². The second-order valence-electron chi connectivity index (χ2n) is 9.58. The fourth-order valence-electron chi connectivity index (χ4n) is 6.87. The lowest BCUT2D eigenvalue weighted by Crippen LogP contribution is -2.62. The van der Waals surface area contributed by atoms with Gasteiger partial charge in [0.05, 0.1) is 0 Å². The molecule has 0 radical (unpaired) electrons. The third-order valence-corrected chi connectivity index (χ3v) is 8.25. The van der Waals surface area contributed by atoms with E-state index in [4.69, 9.17) is 21.3 Å². The molecule has 2 spiro atoms. The summed E-state index contributed by atoms with van der Waals surface area (Å²) in [5.74, 6) is -0.887. The van der Waals surface area contributed by atoms with Crippen molar-refractivity contribution in [2.75, 3.05) is 11.9 Å². The predicted molar refractivity (Wildman–Crippen MR) is 132 cm³/mol. The third-order valence-electron chi connectivity index (χ3n) is 8.02. The Morgan fingerprint density at radius 3 is 2.63 bits per heavy atom. The molecule has 3 aromatic carbocycles. The van der Waals surface area contributed by atoms with E-state index in [2.05, 4.69) is 10.2 Å². The molecule has 0 bridgehead atoms. The Labute approximate surface area is 207 Å². The average molecular weight is 484 g/mol. The molecule has 0 saturated carbocycles. The number of carbonyl (C=O) groups excluding carboxylic acids is 2. The van der Waals surface area contributed by atoms with Crippen LogP contribution in [0.25, 0.3) is 0 Å². The zero-order valence-corrected chi connectivity index (χ0v) is 19.5. The van der Waals surface area contributed by atoms with E-state index in [1.807, 2.05) is 78.9 Å². The minimum Gasteiger partial charge on any atom is -0.405 e. The van der Waals surface area contributed by atoms with Gasteiger partial charge in [-0.05, 0) is 55.3 Å². The van der Waals surface area contributed by atoms with E-state index in [0.717, 1.165) is 24.0 Å². The van der Waals surface area contributed by atoms with Gasteiger partial charge in [0.15, 0.2) is 5.54 Å². The van der Waals surface area contributed by atoms with Crippen molar-refractivity contribution in [2.45, 2.75) is 35.9 Å². The molecule has 0 aromatic heterocycles. The van der Waals surface area contributed by atoms with Crippen LogP contribution < -0.4 is 5.32 Å². The summed E-state index contributed by atoms with van der Waals surface area (Å²) >= 11 is 6.44. The second-order valence-corrected chi connectivity index (χ2v) is 10.0. The molecule has 1 amide bonds. The molecule has 6 nitrogen and oxygen atoms in total. The summed E-state index contributed by atoms with van der Waals surface area (Å²) in [7, 11) is 0. The Hall–Kier alpha value is -3.48. The zero-order valence-electron chi connectivity index (χ0n) is 18.8. The molecule has 2 fully saturated rings. The zero-order chi connectivity index (χ0) is 23.8. The lowest BCUT2D eigenvalue weighted by atomic mass is 9.66. The second kappa shape index (κ2) is 7.26. The number of fused-ring (bicyclic) bond motifs is 5. The number of nitrogens with one attached hydrogen (secondary N) is 1. The Morgan fingerprint density at radius 1 is 1.00 bits per heavy atom. The van der Waals surface area contributed by atoms with E-state index >= 15 is 0 Å². The highest BCUT2D eigenvalue weighted by atomic mass is 35.5. The number of cyclic esters (lactones) is 1. The quantitative estimate of drug-likeness (QED) is 0.545. The molecule has 35 heavy (non-hydrogen) atoms. The van der Waals surface area contributed by atoms with Gasteiger partial charge in [-0.3, -0.25) is 9.69 Å². The van der Waals surface area contributed by atoms with Gasteiger partial charge in [0.25, 0.3) is 5.91 Å². The Morgan fingerprint density at radius 2 is 1.80 bits per heavy atom. The summed E-state index contributed by atoms with van der Waals surface area (Å²) in [6, 6.07) is 24.5. The first-order valence-corrected chi connectivity index (χ1v) is 12.3. The van der Waals surface area contributed by atoms with Crippen LogP contribution in [-0.4, -0.2) is 40.8 Å². The summed E-state index contributed by atoms with van der Waals surface area (Å²) in [6.07, 6.45) is 1.78. The lowest BCUT2D eigenvalue weighted by Gasteiger charge is -2.40. The van der Waals surface area contributed by atoms with Gasteiger partial charge in [0, 0.05) is 33.8 Å². The molecule has 2 saturated heterocycles. The van der Waals surface area contributed by atoms with Crippen molar-refractivity contribution in [3.63, 3.8) is 0 Å². The number of para-hydroxylation sites is 1. The van der Waals surface area contributed by atoms with Crippen LogP contribution in [0.4, 0.5) is 5.69 Å². The van der Waals surface area contributed by atoms with Crippen molar-refractivity contribution in [1.82, 2.24) is 4.90 Å². The minimum absolute atomic E-state index is 0.0724. The molecule has 0 unspecified atom stereocenters. The Balaban J connectivity index is 1.57. The fraction of sp³-hybridized carbons (Fsp3) is 0.250. The standard InChI is InChI=1S/C28H22ClN3O3/c29-19-11-6-10-18(16-19)23-22-14-7-15-32(22)28(20-12-4-5-13-21(20)30-25(28)33)27(23)26(34)35-24(31-27)17-8-2-1-3-9-17/h1-6,8-13,16,22-23H,7,14-15H2,(H,30,33)/t22-,23-,27+,28-/m1/s1. The summed E-state index contributed by atoms with van der Waals surface area (Å²) in [5, 5.41) is 3.65. The number of benzene rings is 3. The van der Waals surface area contributed by atoms with Gasteiger partial charge >= 0.3 is 5.97 Å². The molecular formula is C28H22ClN3O3. The first-order valence-electron chi connectivity index (χ1n) is 11.9. The molecule has 4 heterocycles. The third kappa shape index (κ3) is 2.51. The predicted octanol–water partition coefficient (Wildman–Crippen LogP) is 4.49. The van der Waals surface area contributed by atoms with Crippen molar-refractivity contribution in [3.8, 4) is 0 Å². The summed E-state index contributed by atoms with van der Waals surface area (Å²) in [6.45, 7) is 0.689. The van der Waals surface area contributed by atoms with E-state index in [1.165, 1.54) is 0 Å². The number of rotatable bonds is 2. The maximum atomic E-state index is 14.2. The number of nitrogens with zero attached hydrogens (tertiary/aromatic N) is 2. The molecule has 3 aromatic rings. The molecular weight excluding hydrogens is 462 g/mol. The summed E-state index contributed by atoms with van der Waals surface area (Å²) in [5.41, 5.74) is 0.271. The van der Waals surface area contributed by atoms with Crippen LogP contribution in [0.5, 0.6) is 0 Å². The molecule has 7 heteroatoms. The summed E-state index contributed by atoms with van der Waals surface area (Å²) < 4.78 is 5.95. The Bertz CT molecular complexity index is 1420. The summed E-state index contributed by atoms with van der Waals surface area (Å²) in [4.78, 5) is 35.7. The molecule has 174 valence electrons. The molecule has 1 N–H and O–H groups in total. The minimum atomic E-state index is -1.50. The van der Waals surface area contributed by atoms with Crippen LogP contribution in [0, 0.1) is 0 Å². The van der Waals surface area contributed by atoms with E-state index in [0.29, 0.717) is 22.8 Å². The smallest absolute Gasteiger partial charge is 0.344 e. The molecule has 4 aliphatic rings.